The van der Waals surface area contributed by atoms with Crippen molar-refractivity contribution in [2.24, 2.45) is 0 Å². The van der Waals surface area contributed by atoms with E-state index in [0.29, 0.717) is 17.9 Å². The van der Waals surface area contributed by atoms with Crippen molar-refractivity contribution < 1.29 is 13.9 Å². The Morgan fingerprint density at radius 3 is 3.05 bits per heavy atom. The minimum Gasteiger partial charge on any atom is -0.492 e. The molecule has 0 radical (unpaired) electrons. The zero-order valence-electron chi connectivity index (χ0n) is 11.2. The van der Waals surface area contributed by atoms with E-state index in [-0.39, 0.29) is 5.91 Å². The van der Waals surface area contributed by atoms with Crippen LogP contribution in [0.4, 0.5) is 5.69 Å². The molecule has 0 fully saturated rings. The molecule has 2 heterocycles. The lowest BCUT2D eigenvalue weighted by molar-refractivity contribution is 0.102. The first kappa shape index (κ1) is 12.7. The molecule has 1 aliphatic heterocycles. The van der Waals surface area contributed by atoms with E-state index >= 15 is 0 Å². The molecule has 3 rings (SSSR count). The summed E-state index contributed by atoms with van der Waals surface area (Å²) in [6, 6.07) is 7.33. The molecule has 1 aliphatic rings. The quantitative estimate of drug-likeness (QED) is 0.880. The zero-order chi connectivity index (χ0) is 13.9. The Hall–Kier alpha value is -2.27. The van der Waals surface area contributed by atoms with Gasteiger partial charge in [-0.15, -0.1) is 0 Å². The summed E-state index contributed by atoms with van der Waals surface area (Å²) in [6.07, 6.45) is 1.51. The lowest BCUT2D eigenvalue weighted by atomic mass is 10.1. The average Bonchev–Trinajstić information content (AvgIpc) is 2.73. The third kappa shape index (κ3) is 2.53. The van der Waals surface area contributed by atoms with Crippen molar-refractivity contribution >= 4 is 11.6 Å². The SMILES string of the molecule is Cc1occc1C(=O)Nc1ccc2c(c1)CNCCO2. The number of hydrogen-bond donors (Lipinski definition) is 2. The van der Waals surface area contributed by atoms with Crippen LogP contribution in [0.25, 0.3) is 0 Å². The van der Waals surface area contributed by atoms with E-state index in [0.717, 1.165) is 30.1 Å². The summed E-state index contributed by atoms with van der Waals surface area (Å²) in [5, 5.41) is 6.14. The van der Waals surface area contributed by atoms with Gasteiger partial charge in [0, 0.05) is 24.3 Å². The van der Waals surface area contributed by atoms with Crippen molar-refractivity contribution in [2.75, 3.05) is 18.5 Å². The number of rotatable bonds is 2. The molecule has 0 spiro atoms. The first-order valence-corrected chi connectivity index (χ1v) is 6.56. The third-order valence-corrected chi connectivity index (χ3v) is 3.27. The van der Waals surface area contributed by atoms with Gasteiger partial charge in [-0.25, -0.2) is 0 Å². The predicted octanol–water partition coefficient (Wildman–Crippen LogP) is 2.32. The van der Waals surface area contributed by atoms with E-state index in [1.165, 1.54) is 6.26 Å². The molecule has 0 saturated heterocycles. The van der Waals surface area contributed by atoms with Gasteiger partial charge in [0.05, 0.1) is 11.8 Å². The minimum absolute atomic E-state index is 0.168. The van der Waals surface area contributed by atoms with Crippen molar-refractivity contribution in [3.8, 4) is 5.75 Å². The summed E-state index contributed by atoms with van der Waals surface area (Å²) < 4.78 is 10.7. The molecule has 0 bridgehead atoms. The van der Waals surface area contributed by atoms with Crippen LogP contribution < -0.4 is 15.4 Å². The summed E-state index contributed by atoms with van der Waals surface area (Å²) in [4.78, 5) is 12.1. The number of carbonyl (C=O) groups excluding carboxylic acids is 1. The number of fused-ring (bicyclic) bond motifs is 1. The van der Waals surface area contributed by atoms with E-state index in [4.69, 9.17) is 9.15 Å². The molecule has 20 heavy (non-hydrogen) atoms. The average molecular weight is 272 g/mol. The van der Waals surface area contributed by atoms with Crippen molar-refractivity contribution in [2.45, 2.75) is 13.5 Å². The van der Waals surface area contributed by atoms with Crippen molar-refractivity contribution in [3.05, 3.63) is 47.4 Å². The summed E-state index contributed by atoms with van der Waals surface area (Å²) >= 11 is 0. The number of ether oxygens (including phenoxy) is 1. The molecule has 5 heteroatoms. The maximum Gasteiger partial charge on any atom is 0.259 e. The lowest BCUT2D eigenvalue weighted by Gasteiger charge is -2.10. The van der Waals surface area contributed by atoms with Crippen LogP contribution in [0.1, 0.15) is 21.7 Å². The van der Waals surface area contributed by atoms with E-state index in [1.807, 2.05) is 18.2 Å². The van der Waals surface area contributed by atoms with Crippen LogP contribution in [0, 0.1) is 6.92 Å². The van der Waals surface area contributed by atoms with Gasteiger partial charge in [0.15, 0.2) is 0 Å². The third-order valence-electron chi connectivity index (χ3n) is 3.27. The van der Waals surface area contributed by atoms with Gasteiger partial charge in [-0.1, -0.05) is 0 Å². The van der Waals surface area contributed by atoms with Gasteiger partial charge in [-0.05, 0) is 31.2 Å². The number of carbonyl (C=O) groups is 1. The molecule has 0 saturated carbocycles. The Morgan fingerprint density at radius 2 is 2.25 bits per heavy atom. The van der Waals surface area contributed by atoms with E-state index in [9.17, 15) is 4.79 Å². The number of amides is 1. The first-order chi connectivity index (χ1) is 9.74. The number of aryl methyl sites for hydroxylation is 1. The molecule has 0 atom stereocenters. The number of nitrogens with one attached hydrogen (secondary N) is 2. The normalized spacial score (nSPS) is 14.1. The van der Waals surface area contributed by atoms with Gasteiger partial charge in [-0.2, -0.15) is 0 Å². The Labute approximate surface area is 116 Å². The Bertz CT molecular complexity index is 634. The van der Waals surface area contributed by atoms with Crippen molar-refractivity contribution in [3.63, 3.8) is 0 Å². The summed E-state index contributed by atoms with van der Waals surface area (Å²) in [5.41, 5.74) is 2.35. The zero-order valence-corrected chi connectivity index (χ0v) is 11.2. The molecule has 1 aromatic carbocycles. The molecule has 1 aromatic heterocycles. The van der Waals surface area contributed by atoms with E-state index in [1.54, 1.807) is 13.0 Å². The second-order valence-electron chi connectivity index (χ2n) is 4.69. The molecular formula is C15H16N2O3. The fourth-order valence-electron chi connectivity index (χ4n) is 2.21. The van der Waals surface area contributed by atoms with Gasteiger partial charge in [0.25, 0.3) is 5.91 Å². The number of furan rings is 1. The molecule has 5 nitrogen and oxygen atoms in total. The minimum atomic E-state index is -0.168. The number of benzene rings is 1. The fourth-order valence-corrected chi connectivity index (χ4v) is 2.21. The van der Waals surface area contributed by atoms with Gasteiger partial charge in [-0.3, -0.25) is 4.79 Å². The maximum absolute atomic E-state index is 12.1. The Morgan fingerprint density at radius 1 is 1.35 bits per heavy atom. The highest BCUT2D eigenvalue weighted by molar-refractivity contribution is 6.04. The van der Waals surface area contributed by atoms with Crippen molar-refractivity contribution in [1.29, 1.82) is 0 Å². The van der Waals surface area contributed by atoms with E-state index in [2.05, 4.69) is 10.6 Å². The molecular weight excluding hydrogens is 256 g/mol. The number of hydrogen-bond acceptors (Lipinski definition) is 4. The second-order valence-corrected chi connectivity index (χ2v) is 4.69. The molecule has 0 aliphatic carbocycles. The van der Waals surface area contributed by atoms with Crippen LogP contribution in [0.5, 0.6) is 5.75 Å². The molecule has 2 aromatic rings. The summed E-state index contributed by atoms with van der Waals surface area (Å²) in [6.45, 7) is 3.99. The van der Waals surface area contributed by atoms with Crippen LogP contribution in [0.15, 0.2) is 34.9 Å². The van der Waals surface area contributed by atoms with Crippen LogP contribution in [-0.4, -0.2) is 19.1 Å². The van der Waals surface area contributed by atoms with Gasteiger partial charge in [0.1, 0.15) is 18.1 Å². The summed E-state index contributed by atoms with van der Waals surface area (Å²) in [5.74, 6) is 1.31. The molecule has 104 valence electrons. The van der Waals surface area contributed by atoms with Crippen LogP contribution >= 0.6 is 0 Å². The second kappa shape index (κ2) is 5.38. The van der Waals surface area contributed by atoms with Crippen LogP contribution in [0.3, 0.4) is 0 Å². The predicted molar refractivity (Wildman–Crippen MR) is 75.0 cm³/mol. The lowest BCUT2D eigenvalue weighted by Crippen LogP contribution is -2.16. The topological polar surface area (TPSA) is 63.5 Å². The highest BCUT2D eigenvalue weighted by Gasteiger charge is 2.13. The standard InChI is InChI=1S/C15H16N2O3/c1-10-13(4-6-19-10)15(18)17-12-2-3-14-11(8-12)9-16-5-7-20-14/h2-4,6,8,16H,5,7,9H2,1H3,(H,17,18). The fraction of sp³-hybridized carbons (Fsp3) is 0.267. The molecule has 0 unspecified atom stereocenters. The Kier molecular flexibility index (Phi) is 3.43. The smallest absolute Gasteiger partial charge is 0.259 e. The van der Waals surface area contributed by atoms with Gasteiger partial charge < -0.3 is 19.8 Å². The van der Waals surface area contributed by atoms with E-state index < -0.39 is 0 Å². The maximum atomic E-state index is 12.1. The van der Waals surface area contributed by atoms with Crippen LogP contribution in [0.2, 0.25) is 0 Å². The summed E-state index contributed by atoms with van der Waals surface area (Å²) in [7, 11) is 0. The van der Waals surface area contributed by atoms with Crippen molar-refractivity contribution in [1.82, 2.24) is 5.32 Å². The highest BCUT2D eigenvalue weighted by Crippen LogP contribution is 2.24. The van der Waals surface area contributed by atoms with Gasteiger partial charge >= 0.3 is 0 Å². The largest absolute Gasteiger partial charge is 0.492 e. The first-order valence-electron chi connectivity index (χ1n) is 6.56. The van der Waals surface area contributed by atoms with Crippen LogP contribution in [-0.2, 0) is 6.54 Å². The highest BCUT2D eigenvalue weighted by atomic mass is 16.5. The Balaban J connectivity index is 1.80. The van der Waals surface area contributed by atoms with Gasteiger partial charge in [0.2, 0.25) is 0 Å². The monoisotopic (exact) mass is 272 g/mol. The molecule has 1 amide bonds. The molecule has 2 N–H and O–H groups in total. The number of anilines is 1.